The number of hydrogen-bond acceptors (Lipinski definition) is 5. The fourth-order valence-electron chi connectivity index (χ4n) is 2.02. The Hall–Kier alpha value is -0.940. The summed E-state index contributed by atoms with van der Waals surface area (Å²) >= 11 is 1.68. The van der Waals surface area contributed by atoms with E-state index in [9.17, 15) is 4.79 Å². The number of carbonyl (C=O) groups is 1. The first-order chi connectivity index (χ1) is 7.79. The molecule has 1 aliphatic heterocycles. The van der Waals surface area contributed by atoms with Crippen LogP contribution < -0.4 is 0 Å². The molecule has 0 aliphatic carbocycles. The highest BCUT2D eigenvalue weighted by molar-refractivity contribution is 7.09. The summed E-state index contributed by atoms with van der Waals surface area (Å²) in [6, 6.07) is 0. The smallest absolute Gasteiger partial charge is 0.308 e. The van der Waals surface area contributed by atoms with E-state index >= 15 is 0 Å². The van der Waals surface area contributed by atoms with Crippen LogP contribution in [-0.4, -0.2) is 36.1 Å². The van der Waals surface area contributed by atoms with Gasteiger partial charge in [0.1, 0.15) is 5.01 Å². The number of nitrogens with zero attached hydrogens (tertiary/aromatic N) is 2. The van der Waals surface area contributed by atoms with E-state index in [4.69, 9.17) is 4.74 Å². The summed E-state index contributed by atoms with van der Waals surface area (Å²) in [5, 5.41) is 3.15. The van der Waals surface area contributed by atoms with Crippen molar-refractivity contribution >= 4 is 17.3 Å². The molecule has 1 fully saturated rings. The number of rotatable bonds is 3. The van der Waals surface area contributed by atoms with Crippen molar-refractivity contribution in [2.45, 2.75) is 19.4 Å². The van der Waals surface area contributed by atoms with E-state index < -0.39 is 0 Å². The molecule has 88 valence electrons. The van der Waals surface area contributed by atoms with E-state index in [-0.39, 0.29) is 11.9 Å². The summed E-state index contributed by atoms with van der Waals surface area (Å²) in [5.74, 6) is 0.0337. The molecule has 0 N–H and O–H groups in total. The number of methoxy groups -OCH3 is 1. The normalized spacial score (nSPS) is 18.6. The van der Waals surface area contributed by atoms with Gasteiger partial charge in [-0.15, -0.1) is 11.3 Å². The van der Waals surface area contributed by atoms with Crippen LogP contribution in [0, 0.1) is 5.92 Å². The van der Waals surface area contributed by atoms with Gasteiger partial charge in [0.15, 0.2) is 0 Å². The van der Waals surface area contributed by atoms with Crippen molar-refractivity contribution in [2.75, 3.05) is 20.2 Å². The summed E-state index contributed by atoms with van der Waals surface area (Å²) in [4.78, 5) is 18.0. The van der Waals surface area contributed by atoms with E-state index in [1.165, 1.54) is 7.11 Å². The quantitative estimate of drug-likeness (QED) is 0.751. The average Bonchev–Trinajstić information content (AvgIpc) is 2.82. The van der Waals surface area contributed by atoms with Gasteiger partial charge in [-0.3, -0.25) is 9.69 Å². The lowest BCUT2D eigenvalue weighted by molar-refractivity contribution is -0.147. The van der Waals surface area contributed by atoms with E-state index in [1.807, 2.05) is 11.6 Å². The zero-order valence-corrected chi connectivity index (χ0v) is 10.2. The Kier molecular flexibility index (Phi) is 3.90. The number of ether oxygens (including phenoxy) is 1. The molecule has 0 amide bonds. The van der Waals surface area contributed by atoms with Crippen LogP contribution in [-0.2, 0) is 16.1 Å². The van der Waals surface area contributed by atoms with Gasteiger partial charge in [0.25, 0.3) is 0 Å². The molecule has 0 bridgehead atoms. The molecule has 0 spiro atoms. The molecule has 2 heterocycles. The average molecular weight is 240 g/mol. The first-order valence-corrected chi connectivity index (χ1v) is 6.36. The van der Waals surface area contributed by atoms with Gasteiger partial charge in [0.2, 0.25) is 0 Å². The van der Waals surface area contributed by atoms with Gasteiger partial charge >= 0.3 is 5.97 Å². The van der Waals surface area contributed by atoms with Crippen molar-refractivity contribution in [1.29, 1.82) is 0 Å². The van der Waals surface area contributed by atoms with Crippen LogP contribution >= 0.6 is 11.3 Å². The van der Waals surface area contributed by atoms with Gasteiger partial charge in [-0.2, -0.15) is 0 Å². The third kappa shape index (κ3) is 2.80. The maximum atomic E-state index is 11.3. The van der Waals surface area contributed by atoms with E-state index in [2.05, 4.69) is 9.88 Å². The number of piperidine rings is 1. The molecule has 4 nitrogen and oxygen atoms in total. The highest BCUT2D eigenvalue weighted by atomic mass is 32.1. The minimum Gasteiger partial charge on any atom is -0.469 e. The van der Waals surface area contributed by atoms with Crippen LogP contribution in [0.5, 0.6) is 0 Å². The van der Waals surface area contributed by atoms with Gasteiger partial charge in [-0.25, -0.2) is 4.98 Å². The molecule has 1 saturated heterocycles. The Morgan fingerprint density at radius 1 is 1.62 bits per heavy atom. The van der Waals surface area contributed by atoms with Crippen molar-refractivity contribution < 1.29 is 9.53 Å². The second-order valence-electron chi connectivity index (χ2n) is 4.00. The molecule has 0 saturated carbocycles. The fraction of sp³-hybridized carbons (Fsp3) is 0.636. The van der Waals surface area contributed by atoms with Crippen LogP contribution in [0.4, 0.5) is 0 Å². The lowest BCUT2D eigenvalue weighted by Gasteiger charge is -2.29. The second kappa shape index (κ2) is 5.41. The Morgan fingerprint density at radius 3 is 2.94 bits per heavy atom. The standard InChI is InChI=1S/C11H16N2O2S/c1-15-11(14)9-2-5-13(6-3-9)8-10-12-4-7-16-10/h4,7,9H,2-3,5-6,8H2,1H3. The van der Waals surface area contributed by atoms with Crippen molar-refractivity contribution in [3.63, 3.8) is 0 Å². The van der Waals surface area contributed by atoms with Gasteiger partial charge in [0.05, 0.1) is 19.6 Å². The summed E-state index contributed by atoms with van der Waals surface area (Å²) in [5.41, 5.74) is 0. The molecule has 5 heteroatoms. The van der Waals surface area contributed by atoms with Crippen molar-refractivity contribution in [1.82, 2.24) is 9.88 Å². The van der Waals surface area contributed by atoms with Crippen LogP contribution in [0.2, 0.25) is 0 Å². The first kappa shape index (κ1) is 11.5. The van der Waals surface area contributed by atoms with Crippen molar-refractivity contribution in [3.8, 4) is 0 Å². The number of likely N-dealkylation sites (tertiary alicyclic amines) is 1. The van der Waals surface area contributed by atoms with Crippen LogP contribution in [0.3, 0.4) is 0 Å². The Balaban J connectivity index is 1.79. The zero-order valence-electron chi connectivity index (χ0n) is 9.39. The molecule has 1 aromatic heterocycles. The summed E-state index contributed by atoms with van der Waals surface area (Å²) < 4.78 is 4.76. The summed E-state index contributed by atoms with van der Waals surface area (Å²) in [7, 11) is 1.46. The SMILES string of the molecule is COC(=O)C1CCN(Cc2nccs2)CC1. The van der Waals surface area contributed by atoms with Gasteiger partial charge in [0, 0.05) is 11.6 Å². The first-order valence-electron chi connectivity index (χ1n) is 5.48. The van der Waals surface area contributed by atoms with Crippen LogP contribution in [0.15, 0.2) is 11.6 Å². The lowest BCUT2D eigenvalue weighted by Crippen LogP contribution is -2.36. The number of thiazole rings is 1. The van der Waals surface area contributed by atoms with Gasteiger partial charge in [-0.1, -0.05) is 0 Å². The molecule has 16 heavy (non-hydrogen) atoms. The Morgan fingerprint density at radius 2 is 2.38 bits per heavy atom. The number of carbonyl (C=O) groups excluding carboxylic acids is 1. The molecule has 0 aromatic carbocycles. The number of aromatic nitrogens is 1. The van der Waals surface area contributed by atoms with E-state index in [0.29, 0.717) is 0 Å². The van der Waals surface area contributed by atoms with Crippen LogP contribution in [0.1, 0.15) is 17.8 Å². The predicted molar refractivity (Wildman–Crippen MR) is 62.1 cm³/mol. The Bertz CT molecular complexity index is 332. The molecular weight excluding hydrogens is 224 g/mol. The Labute approximate surface area is 99.2 Å². The fourth-order valence-corrected chi connectivity index (χ4v) is 2.67. The van der Waals surface area contributed by atoms with Crippen molar-refractivity contribution in [3.05, 3.63) is 16.6 Å². The predicted octanol–water partition coefficient (Wildman–Crippen LogP) is 1.53. The molecule has 1 aliphatic rings. The maximum Gasteiger partial charge on any atom is 0.308 e. The largest absolute Gasteiger partial charge is 0.469 e. The molecule has 2 rings (SSSR count). The minimum atomic E-state index is -0.0612. The molecule has 0 atom stereocenters. The van der Waals surface area contributed by atoms with E-state index in [0.717, 1.165) is 37.5 Å². The lowest BCUT2D eigenvalue weighted by atomic mass is 9.97. The number of hydrogen-bond donors (Lipinski definition) is 0. The van der Waals surface area contributed by atoms with Gasteiger partial charge < -0.3 is 4.74 Å². The topological polar surface area (TPSA) is 42.4 Å². The third-order valence-corrected chi connectivity index (χ3v) is 3.73. The molecule has 1 aromatic rings. The zero-order chi connectivity index (χ0) is 11.4. The maximum absolute atomic E-state index is 11.3. The summed E-state index contributed by atoms with van der Waals surface area (Å²) in [6.07, 6.45) is 3.64. The molecule has 0 unspecified atom stereocenters. The summed E-state index contributed by atoms with van der Waals surface area (Å²) in [6.45, 7) is 2.82. The molecular formula is C11H16N2O2S. The van der Waals surface area contributed by atoms with Gasteiger partial charge in [-0.05, 0) is 25.9 Å². The highest BCUT2D eigenvalue weighted by Crippen LogP contribution is 2.20. The minimum absolute atomic E-state index is 0.0612. The van der Waals surface area contributed by atoms with Crippen LogP contribution in [0.25, 0.3) is 0 Å². The monoisotopic (exact) mass is 240 g/mol. The highest BCUT2D eigenvalue weighted by Gasteiger charge is 2.25. The molecule has 0 radical (unpaired) electrons. The third-order valence-electron chi connectivity index (χ3n) is 2.96. The number of esters is 1. The van der Waals surface area contributed by atoms with E-state index in [1.54, 1.807) is 11.3 Å². The second-order valence-corrected chi connectivity index (χ2v) is 4.98. The van der Waals surface area contributed by atoms with Crippen molar-refractivity contribution in [2.24, 2.45) is 5.92 Å².